The van der Waals surface area contributed by atoms with E-state index in [4.69, 9.17) is 9.47 Å². The maximum absolute atomic E-state index is 13.5. The molecule has 1 aromatic rings. The summed E-state index contributed by atoms with van der Waals surface area (Å²) < 4.78 is 10.9. The molecular formula is C22H30N2O5. The van der Waals surface area contributed by atoms with Crippen molar-refractivity contribution in [2.75, 3.05) is 40.5 Å². The fourth-order valence-corrected chi connectivity index (χ4v) is 4.94. The predicted octanol–water partition coefficient (Wildman–Crippen LogP) is 1.82. The number of methoxy groups -OCH3 is 2. The molecule has 29 heavy (non-hydrogen) atoms. The van der Waals surface area contributed by atoms with Crippen molar-refractivity contribution in [2.45, 2.75) is 38.6 Å². The van der Waals surface area contributed by atoms with Gasteiger partial charge in [-0.1, -0.05) is 12.1 Å². The van der Waals surface area contributed by atoms with Gasteiger partial charge in [0.1, 0.15) is 0 Å². The lowest BCUT2D eigenvalue weighted by Crippen LogP contribution is -2.50. The lowest BCUT2D eigenvalue weighted by molar-refractivity contribution is -0.147. The molecule has 7 heteroatoms. The number of rotatable bonds is 6. The van der Waals surface area contributed by atoms with E-state index in [1.165, 1.54) is 0 Å². The largest absolute Gasteiger partial charge is 0.493 e. The summed E-state index contributed by atoms with van der Waals surface area (Å²) in [7, 11) is 3.21. The van der Waals surface area contributed by atoms with E-state index in [1.54, 1.807) is 14.2 Å². The number of hydrogen-bond acceptors (Lipinski definition) is 5. The first-order valence-corrected chi connectivity index (χ1v) is 10.4. The number of aliphatic hydroxyl groups is 1. The number of piperidine rings is 1. The van der Waals surface area contributed by atoms with E-state index in [1.807, 2.05) is 28.0 Å². The summed E-state index contributed by atoms with van der Waals surface area (Å²) in [4.78, 5) is 30.0. The summed E-state index contributed by atoms with van der Waals surface area (Å²) >= 11 is 0. The second kappa shape index (κ2) is 7.52. The van der Waals surface area contributed by atoms with Crippen LogP contribution in [-0.4, -0.2) is 67.2 Å². The number of hydrogen-bond donors (Lipinski definition) is 1. The van der Waals surface area contributed by atoms with Gasteiger partial charge in [-0.2, -0.15) is 0 Å². The Morgan fingerprint density at radius 2 is 1.93 bits per heavy atom. The highest BCUT2D eigenvalue weighted by molar-refractivity contribution is 5.89. The zero-order valence-electron chi connectivity index (χ0n) is 17.3. The molecule has 7 nitrogen and oxygen atoms in total. The number of carbonyl (C=O) groups excluding carboxylic acids is 2. The van der Waals surface area contributed by atoms with E-state index in [9.17, 15) is 14.7 Å². The Morgan fingerprint density at radius 1 is 1.14 bits per heavy atom. The molecule has 0 bridgehead atoms. The average Bonchev–Trinajstić information content (AvgIpc) is 3.44. The van der Waals surface area contributed by atoms with Crippen molar-refractivity contribution in [3.05, 3.63) is 23.8 Å². The van der Waals surface area contributed by atoms with Crippen LogP contribution in [0.15, 0.2) is 18.2 Å². The Bertz CT molecular complexity index is 806. The Morgan fingerprint density at radius 3 is 2.59 bits per heavy atom. The van der Waals surface area contributed by atoms with Crippen LogP contribution in [0.1, 0.15) is 37.7 Å². The predicted molar refractivity (Wildman–Crippen MR) is 107 cm³/mol. The van der Waals surface area contributed by atoms with Gasteiger partial charge in [0.25, 0.3) is 0 Å². The third kappa shape index (κ3) is 3.35. The van der Waals surface area contributed by atoms with Crippen LogP contribution in [0.4, 0.5) is 0 Å². The summed E-state index contributed by atoms with van der Waals surface area (Å²) in [6, 6.07) is 5.70. The smallest absolute Gasteiger partial charge is 0.231 e. The second-order valence-corrected chi connectivity index (χ2v) is 8.68. The summed E-state index contributed by atoms with van der Waals surface area (Å²) in [5.41, 5.74) is -0.150. The van der Waals surface area contributed by atoms with Gasteiger partial charge in [0.2, 0.25) is 11.8 Å². The van der Waals surface area contributed by atoms with Gasteiger partial charge in [0.05, 0.1) is 31.7 Å². The fraction of sp³-hybridized carbons (Fsp3) is 0.636. The summed E-state index contributed by atoms with van der Waals surface area (Å²) in [5, 5.41) is 9.59. The standard InChI is InChI=1S/C22H30N2O5/c1-28-17-6-3-5-16(18(17)29-2)13-23-11-4-7-21(19(23)26)10-12-24(14-21)20(27)22(15-25)8-9-22/h3,5-6,25H,4,7-15H2,1-2H3. The van der Waals surface area contributed by atoms with E-state index >= 15 is 0 Å². The molecule has 3 fully saturated rings. The molecule has 2 heterocycles. The van der Waals surface area contributed by atoms with Crippen LogP contribution >= 0.6 is 0 Å². The molecule has 1 N–H and O–H groups in total. The molecule has 1 aliphatic carbocycles. The average molecular weight is 402 g/mol. The van der Waals surface area contributed by atoms with Crippen LogP contribution in [0, 0.1) is 10.8 Å². The third-order valence-corrected chi connectivity index (χ3v) is 6.92. The highest BCUT2D eigenvalue weighted by atomic mass is 16.5. The molecule has 2 amide bonds. The highest BCUT2D eigenvalue weighted by Gasteiger charge is 2.56. The Kier molecular flexibility index (Phi) is 5.19. The number of aliphatic hydroxyl groups excluding tert-OH is 1. The topological polar surface area (TPSA) is 79.3 Å². The number of amides is 2. The minimum absolute atomic E-state index is 0.0243. The molecule has 4 rings (SSSR count). The molecule has 2 saturated heterocycles. The van der Waals surface area contributed by atoms with E-state index in [0.29, 0.717) is 44.1 Å². The van der Waals surface area contributed by atoms with Crippen molar-refractivity contribution in [1.82, 2.24) is 9.80 Å². The van der Waals surface area contributed by atoms with Crippen molar-refractivity contribution in [3.8, 4) is 11.5 Å². The molecule has 2 aliphatic heterocycles. The number of nitrogens with zero attached hydrogens (tertiary/aromatic N) is 2. The lowest BCUT2D eigenvalue weighted by Gasteiger charge is -2.39. The lowest BCUT2D eigenvalue weighted by atomic mass is 9.78. The van der Waals surface area contributed by atoms with E-state index in [0.717, 1.165) is 31.2 Å². The first kappa shape index (κ1) is 20.0. The zero-order chi connectivity index (χ0) is 20.6. The Labute approximate surface area is 171 Å². The second-order valence-electron chi connectivity index (χ2n) is 8.68. The van der Waals surface area contributed by atoms with Gasteiger partial charge < -0.3 is 24.4 Å². The number of likely N-dealkylation sites (tertiary alicyclic amines) is 2. The van der Waals surface area contributed by atoms with Gasteiger partial charge in [-0.25, -0.2) is 0 Å². The van der Waals surface area contributed by atoms with E-state index in [2.05, 4.69) is 0 Å². The summed E-state index contributed by atoms with van der Waals surface area (Å²) in [6.07, 6.45) is 3.94. The van der Waals surface area contributed by atoms with Crippen molar-refractivity contribution in [1.29, 1.82) is 0 Å². The van der Waals surface area contributed by atoms with E-state index in [-0.39, 0.29) is 18.4 Å². The monoisotopic (exact) mass is 402 g/mol. The molecule has 1 saturated carbocycles. The highest BCUT2D eigenvalue weighted by Crippen LogP contribution is 2.49. The molecule has 1 unspecified atom stereocenters. The molecular weight excluding hydrogens is 372 g/mol. The van der Waals surface area contributed by atoms with Crippen LogP contribution in [0.2, 0.25) is 0 Å². The first-order chi connectivity index (χ1) is 14.0. The molecule has 0 aromatic heterocycles. The maximum atomic E-state index is 13.5. The van der Waals surface area contributed by atoms with Crippen molar-refractivity contribution >= 4 is 11.8 Å². The Hall–Kier alpha value is -2.28. The van der Waals surface area contributed by atoms with Gasteiger partial charge in [0, 0.05) is 31.7 Å². The first-order valence-electron chi connectivity index (χ1n) is 10.4. The molecule has 158 valence electrons. The van der Waals surface area contributed by atoms with Gasteiger partial charge in [0.15, 0.2) is 11.5 Å². The molecule has 1 aromatic carbocycles. The van der Waals surface area contributed by atoms with Crippen molar-refractivity contribution < 1.29 is 24.2 Å². The number of benzene rings is 1. The van der Waals surface area contributed by atoms with E-state index < -0.39 is 10.8 Å². The fourth-order valence-electron chi connectivity index (χ4n) is 4.94. The SMILES string of the molecule is COc1cccc(CN2CCCC3(CCN(C(=O)C4(CO)CC4)C3)C2=O)c1OC. The van der Waals surface area contributed by atoms with Crippen molar-refractivity contribution in [3.63, 3.8) is 0 Å². The van der Waals surface area contributed by atoms with Gasteiger partial charge >= 0.3 is 0 Å². The van der Waals surface area contributed by atoms with Crippen molar-refractivity contribution in [2.24, 2.45) is 10.8 Å². The van der Waals surface area contributed by atoms with Gasteiger partial charge in [-0.05, 0) is 38.2 Å². The zero-order valence-corrected chi connectivity index (χ0v) is 17.3. The minimum Gasteiger partial charge on any atom is -0.493 e. The van der Waals surface area contributed by atoms with Gasteiger partial charge in [-0.3, -0.25) is 9.59 Å². The number of ether oxygens (including phenoxy) is 2. The Balaban J connectivity index is 1.50. The summed E-state index contributed by atoms with van der Waals surface area (Å²) in [6.45, 7) is 2.15. The van der Waals surface area contributed by atoms with Crippen LogP contribution in [0.3, 0.4) is 0 Å². The number of carbonyl (C=O) groups is 2. The quantitative estimate of drug-likeness (QED) is 0.785. The van der Waals surface area contributed by atoms with Crippen LogP contribution < -0.4 is 9.47 Å². The summed E-state index contributed by atoms with van der Waals surface area (Å²) in [5.74, 6) is 1.46. The molecule has 3 aliphatic rings. The maximum Gasteiger partial charge on any atom is 0.231 e. The number of para-hydroxylation sites is 1. The minimum atomic E-state index is -0.573. The van der Waals surface area contributed by atoms with Crippen LogP contribution in [0.25, 0.3) is 0 Å². The molecule has 0 radical (unpaired) electrons. The molecule has 1 atom stereocenters. The molecule has 1 spiro atoms. The van der Waals surface area contributed by atoms with Crippen LogP contribution in [0.5, 0.6) is 11.5 Å². The van der Waals surface area contributed by atoms with Crippen LogP contribution in [-0.2, 0) is 16.1 Å². The normalized spacial score (nSPS) is 25.4. The van der Waals surface area contributed by atoms with Gasteiger partial charge in [-0.15, -0.1) is 0 Å². The third-order valence-electron chi connectivity index (χ3n) is 6.92.